The second-order valence-electron chi connectivity index (χ2n) is 5.78. The molecule has 0 bridgehead atoms. The molecule has 1 fully saturated rings. The summed E-state index contributed by atoms with van der Waals surface area (Å²) >= 11 is 0. The minimum Gasteiger partial charge on any atom is -0.377 e. The molecule has 19 heavy (non-hydrogen) atoms. The van der Waals surface area contributed by atoms with E-state index in [2.05, 4.69) is 6.92 Å². The fourth-order valence-corrected chi connectivity index (χ4v) is 5.95. The van der Waals surface area contributed by atoms with Gasteiger partial charge in [0.15, 0.2) is 0 Å². The highest BCUT2D eigenvalue weighted by Crippen LogP contribution is 2.41. The summed E-state index contributed by atoms with van der Waals surface area (Å²) in [5.74, 6) is 0.922. The summed E-state index contributed by atoms with van der Waals surface area (Å²) in [7, 11) is 2.81. The minimum absolute atomic E-state index is 0.499. The van der Waals surface area contributed by atoms with Crippen LogP contribution in [0.2, 0.25) is 5.54 Å². The summed E-state index contributed by atoms with van der Waals surface area (Å²) in [6.07, 6.45) is 12.0. The van der Waals surface area contributed by atoms with Gasteiger partial charge in [-0.25, -0.2) is 0 Å². The fourth-order valence-electron chi connectivity index (χ4n) is 3.41. The molecule has 0 radical (unpaired) electrons. The first-order valence-electron chi connectivity index (χ1n) is 7.87. The maximum atomic E-state index is 5.62. The van der Waals surface area contributed by atoms with E-state index >= 15 is 0 Å². The average molecular weight is 289 g/mol. The van der Waals surface area contributed by atoms with Crippen molar-refractivity contribution in [3.05, 3.63) is 0 Å². The summed E-state index contributed by atoms with van der Waals surface area (Å²) < 4.78 is 16.9. The van der Waals surface area contributed by atoms with Gasteiger partial charge in [0.25, 0.3) is 0 Å². The van der Waals surface area contributed by atoms with Crippen molar-refractivity contribution in [3.8, 4) is 0 Å². The lowest BCUT2D eigenvalue weighted by Crippen LogP contribution is -2.48. The predicted octanol–water partition coefficient (Wildman–Crippen LogP) is 4.40. The SMILES string of the molecule is CCCCCCC1CCC([Si](OC)(OC)OC)CC1. The van der Waals surface area contributed by atoms with E-state index < -0.39 is 8.80 Å². The molecule has 0 atom stereocenters. The van der Waals surface area contributed by atoms with Gasteiger partial charge in [-0.05, 0) is 18.8 Å². The van der Waals surface area contributed by atoms with E-state index in [1.165, 1.54) is 57.8 Å². The van der Waals surface area contributed by atoms with Gasteiger partial charge < -0.3 is 13.3 Å². The minimum atomic E-state index is -2.39. The van der Waals surface area contributed by atoms with E-state index in [0.29, 0.717) is 5.54 Å². The van der Waals surface area contributed by atoms with Gasteiger partial charge in [0.2, 0.25) is 0 Å². The van der Waals surface area contributed by atoms with E-state index in [1.54, 1.807) is 21.3 Å². The highest BCUT2D eigenvalue weighted by atomic mass is 28.4. The molecule has 1 saturated carbocycles. The molecule has 114 valence electrons. The van der Waals surface area contributed by atoms with Gasteiger partial charge in [0.05, 0.1) is 0 Å². The molecule has 1 aliphatic rings. The van der Waals surface area contributed by atoms with Crippen molar-refractivity contribution in [3.63, 3.8) is 0 Å². The number of hydrogen-bond donors (Lipinski definition) is 0. The van der Waals surface area contributed by atoms with Crippen molar-refractivity contribution in [2.75, 3.05) is 21.3 Å². The Labute approximate surface area is 120 Å². The maximum absolute atomic E-state index is 5.62. The molecule has 0 unspecified atom stereocenters. The first kappa shape index (κ1) is 17.1. The van der Waals surface area contributed by atoms with E-state index in [1.807, 2.05) is 0 Å². The first-order valence-corrected chi connectivity index (χ1v) is 9.68. The Morgan fingerprint density at radius 1 is 0.842 bits per heavy atom. The highest BCUT2D eigenvalue weighted by Gasteiger charge is 2.48. The van der Waals surface area contributed by atoms with Crippen LogP contribution in [0.25, 0.3) is 0 Å². The largest absolute Gasteiger partial charge is 0.503 e. The third-order valence-corrected chi connectivity index (χ3v) is 7.95. The molecule has 0 aromatic heterocycles. The predicted molar refractivity (Wildman–Crippen MR) is 81.2 cm³/mol. The summed E-state index contributed by atoms with van der Waals surface area (Å²) in [6.45, 7) is 2.27. The monoisotopic (exact) mass is 288 g/mol. The van der Waals surface area contributed by atoms with Gasteiger partial charge in [0, 0.05) is 26.9 Å². The lowest BCUT2D eigenvalue weighted by Gasteiger charge is -2.37. The van der Waals surface area contributed by atoms with Crippen molar-refractivity contribution in [1.82, 2.24) is 0 Å². The smallest absolute Gasteiger partial charge is 0.377 e. The van der Waals surface area contributed by atoms with Crippen molar-refractivity contribution in [2.45, 2.75) is 70.3 Å². The Kier molecular flexibility index (Phi) is 8.22. The second-order valence-corrected chi connectivity index (χ2v) is 9.03. The van der Waals surface area contributed by atoms with E-state index in [-0.39, 0.29) is 0 Å². The average Bonchev–Trinajstić information content (AvgIpc) is 2.47. The zero-order valence-corrected chi connectivity index (χ0v) is 14.2. The van der Waals surface area contributed by atoms with Crippen LogP contribution in [0.1, 0.15) is 64.7 Å². The van der Waals surface area contributed by atoms with Crippen LogP contribution < -0.4 is 0 Å². The van der Waals surface area contributed by atoms with Crippen LogP contribution in [0.5, 0.6) is 0 Å². The van der Waals surface area contributed by atoms with Crippen LogP contribution in [-0.4, -0.2) is 30.1 Å². The molecule has 0 spiro atoms. The standard InChI is InChI=1S/C15H32O3Si/c1-5-6-7-8-9-14-10-12-15(13-11-14)19(16-2,17-3)18-4/h14-15H,5-13H2,1-4H3. The van der Waals surface area contributed by atoms with Gasteiger partial charge in [-0.15, -0.1) is 0 Å². The second kappa shape index (κ2) is 9.11. The summed E-state index contributed by atoms with van der Waals surface area (Å²) in [6, 6.07) is 0. The summed E-state index contributed by atoms with van der Waals surface area (Å²) in [5.41, 5.74) is 0.499. The molecule has 0 saturated heterocycles. The Balaban J connectivity index is 2.31. The van der Waals surface area contributed by atoms with E-state index in [0.717, 1.165) is 5.92 Å². The van der Waals surface area contributed by atoms with Crippen LogP contribution in [0.15, 0.2) is 0 Å². The molecular formula is C15H32O3Si. The molecule has 0 aromatic carbocycles. The van der Waals surface area contributed by atoms with Crippen LogP contribution in [-0.2, 0) is 13.3 Å². The third kappa shape index (κ3) is 4.85. The normalized spacial score (nSPS) is 24.6. The molecule has 0 amide bonds. The molecule has 0 N–H and O–H groups in total. The van der Waals surface area contributed by atoms with Gasteiger partial charge in [-0.1, -0.05) is 51.9 Å². The van der Waals surface area contributed by atoms with E-state index in [4.69, 9.17) is 13.3 Å². The van der Waals surface area contributed by atoms with Crippen LogP contribution in [0, 0.1) is 5.92 Å². The summed E-state index contributed by atoms with van der Waals surface area (Å²) in [4.78, 5) is 0. The summed E-state index contributed by atoms with van der Waals surface area (Å²) in [5, 5.41) is 0. The molecule has 0 heterocycles. The number of rotatable bonds is 9. The molecular weight excluding hydrogens is 256 g/mol. The zero-order valence-electron chi connectivity index (χ0n) is 13.2. The Morgan fingerprint density at radius 3 is 1.89 bits per heavy atom. The van der Waals surface area contributed by atoms with Gasteiger partial charge in [-0.3, -0.25) is 0 Å². The molecule has 3 nitrogen and oxygen atoms in total. The van der Waals surface area contributed by atoms with Crippen LogP contribution >= 0.6 is 0 Å². The molecule has 0 aliphatic heterocycles. The topological polar surface area (TPSA) is 27.7 Å². The van der Waals surface area contributed by atoms with Crippen molar-refractivity contribution in [2.24, 2.45) is 5.92 Å². The zero-order chi connectivity index (χ0) is 14.1. The number of unbranched alkanes of at least 4 members (excludes halogenated alkanes) is 3. The molecule has 1 rings (SSSR count). The Morgan fingerprint density at radius 2 is 1.42 bits per heavy atom. The lowest BCUT2D eigenvalue weighted by molar-refractivity contribution is 0.100. The van der Waals surface area contributed by atoms with E-state index in [9.17, 15) is 0 Å². The molecule has 4 heteroatoms. The van der Waals surface area contributed by atoms with Crippen molar-refractivity contribution >= 4 is 8.80 Å². The maximum Gasteiger partial charge on any atom is 0.503 e. The first-order chi connectivity index (χ1) is 9.22. The fraction of sp³-hybridized carbons (Fsp3) is 1.00. The van der Waals surface area contributed by atoms with Crippen molar-refractivity contribution < 1.29 is 13.3 Å². The Bertz CT molecular complexity index is 215. The van der Waals surface area contributed by atoms with Crippen LogP contribution in [0.3, 0.4) is 0 Å². The molecule has 1 aliphatic carbocycles. The van der Waals surface area contributed by atoms with Gasteiger partial charge >= 0.3 is 8.80 Å². The molecule has 0 aromatic rings. The quantitative estimate of drug-likeness (QED) is 0.465. The van der Waals surface area contributed by atoms with Crippen LogP contribution in [0.4, 0.5) is 0 Å². The Hall–Kier alpha value is 0.0969. The number of hydrogen-bond acceptors (Lipinski definition) is 3. The van der Waals surface area contributed by atoms with Crippen molar-refractivity contribution in [1.29, 1.82) is 0 Å². The van der Waals surface area contributed by atoms with Gasteiger partial charge in [0.1, 0.15) is 0 Å². The lowest BCUT2D eigenvalue weighted by atomic mass is 9.85. The van der Waals surface area contributed by atoms with Gasteiger partial charge in [-0.2, -0.15) is 0 Å². The highest BCUT2D eigenvalue weighted by molar-refractivity contribution is 6.62. The third-order valence-electron chi connectivity index (χ3n) is 4.67.